The molecule has 0 atom stereocenters. The summed E-state index contributed by atoms with van der Waals surface area (Å²) in [4.78, 5) is 38.1. The second kappa shape index (κ2) is 11.5. The number of anilines is 3. The summed E-state index contributed by atoms with van der Waals surface area (Å²) < 4.78 is 0. The van der Waals surface area contributed by atoms with Crippen molar-refractivity contribution in [1.82, 2.24) is 25.2 Å². The molecule has 2 heterocycles. The van der Waals surface area contributed by atoms with Gasteiger partial charge in [0.15, 0.2) is 0 Å². The minimum absolute atomic E-state index is 0.142. The number of nitrogens with one attached hydrogen (secondary N) is 4. The number of halogens is 1. The number of benzene rings is 2. The number of para-hydroxylation sites is 1. The van der Waals surface area contributed by atoms with Gasteiger partial charge in [-0.25, -0.2) is 9.97 Å². The van der Waals surface area contributed by atoms with Crippen LogP contribution in [0.5, 0.6) is 0 Å². The number of nitrogens with zero attached hydrogens (tertiary/aromatic N) is 3. The van der Waals surface area contributed by atoms with Crippen molar-refractivity contribution in [2.24, 2.45) is 0 Å². The SMILES string of the molecule is CN(C)C/C=C/C(=O)NCC(=O)Nc1cccc(Nc2ncc(Cl)c(-c3c[nH]c4ccccc34)n2)c1. The molecular weight excluding hydrogens is 478 g/mol. The van der Waals surface area contributed by atoms with Crippen LogP contribution >= 0.6 is 11.6 Å². The van der Waals surface area contributed by atoms with E-state index in [1.54, 1.807) is 30.5 Å². The van der Waals surface area contributed by atoms with Crippen LogP contribution in [-0.4, -0.2) is 58.9 Å². The number of likely N-dealkylation sites (N-methyl/N-ethyl adjacent to an activating group) is 1. The van der Waals surface area contributed by atoms with Gasteiger partial charge in [-0.1, -0.05) is 41.9 Å². The van der Waals surface area contributed by atoms with Gasteiger partial charge in [-0.3, -0.25) is 9.59 Å². The fourth-order valence-electron chi connectivity index (χ4n) is 3.49. The first kappa shape index (κ1) is 24.9. The number of aromatic amines is 1. The third-order valence-corrected chi connectivity index (χ3v) is 5.43. The van der Waals surface area contributed by atoms with Gasteiger partial charge < -0.3 is 25.8 Å². The molecule has 0 unspecified atom stereocenters. The van der Waals surface area contributed by atoms with Crippen molar-refractivity contribution in [2.75, 3.05) is 37.8 Å². The number of carbonyl (C=O) groups excluding carboxylic acids is 2. The Hall–Kier alpha value is -4.21. The normalized spacial score (nSPS) is 11.2. The third kappa shape index (κ3) is 6.47. The number of H-pyrrole nitrogens is 1. The van der Waals surface area contributed by atoms with Crippen LogP contribution in [0.4, 0.5) is 17.3 Å². The zero-order chi connectivity index (χ0) is 25.5. The van der Waals surface area contributed by atoms with E-state index in [-0.39, 0.29) is 18.4 Å². The van der Waals surface area contributed by atoms with Gasteiger partial charge >= 0.3 is 0 Å². The maximum Gasteiger partial charge on any atom is 0.244 e. The molecule has 2 aromatic carbocycles. The first-order valence-corrected chi connectivity index (χ1v) is 11.6. The van der Waals surface area contributed by atoms with Gasteiger partial charge in [0.05, 0.1) is 23.5 Å². The summed E-state index contributed by atoms with van der Waals surface area (Å²) in [6.07, 6.45) is 6.56. The van der Waals surface area contributed by atoms with Crippen molar-refractivity contribution in [3.8, 4) is 11.3 Å². The molecule has 0 bridgehead atoms. The largest absolute Gasteiger partial charge is 0.360 e. The third-order valence-electron chi connectivity index (χ3n) is 5.15. The smallest absolute Gasteiger partial charge is 0.244 e. The molecular formula is C26H26ClN7O2. The molecule has 4 aromatic rings. The quantitative estimate of drug-likeness (QED) is 0.254. The van der Waals surface area contributed by atoms with E-state index in [9.17, 15) is 9.59 Å². The van der Waals surface area contributed by atoms with Crippen molar-refractivity contribution in [3.05, 3.63) is 78.1 Å². The minimum atomic E-state index is -0.342. The summed E-state index contributed by atoms with van der Waals surface area (Å²) in [5.74, 6) is -0.306. The predicted octanol–water partition coefficient (Wildman–Crippen LogP) is 4.19. The van der Waals surface area contributed by atoms with Crippen LogP contribution < -0.4 is 16.0 Å². The monoisotopic (exact) mass is 503 g/mol. The van der Waals surface area contributed by atoms with Crippen LogP contribution in [0.1, 0.15) is 0 Å². The lowest BCUT2D eigenvalue weighted by Crippen LogP contribution is -2.31. The highest BCUT2D eigenvalue weighted by atomic mass is 35.5. The zero-order valence-corrected chi connectivity index (χ0v) is 20.6. The van der Waals surface area contributed by atoms with Gasteiger partial charge in [0.2, 0.25) is 17.8 Å². The summed E-state index contributed by atoms with van der Waals surface area (Å²) in [6, 6.07) is 15.0. The summed E-state index contributed by atoms with van der Waals surface area (Å²) in [5, 5.41) is 9.93. The maximum atomic E-state index is 12.3. The standard InChI is InChI=1S/C26H26ClN7O2/c1-34(2)12-6-11-23(35)29-16-24(36)31-17-7-5-8-18(13-17)32-26-30-15-21(27)25(33-26)20-14-28-22-10-4-3-9-19(20)22/h3-11,13-15,28H,12,16H2,1-2H3,(H,29,35)(H,31,36)(H,30,32,33)/b11-6+. The molecule has 0 fully saturated rings. The van der Waals surface area contributed by atoms with Crippen molar-refractivity contribution in [2.45, 2.75) is 0 Å². The van der Waals surface area contributed by atoms with Crippen molar-refractivity contribution in [1.29, 1.82) is 0 Å². The van der Waals surface area contributed by atoms with Crippen molar-refractivity contribution in [3.63, 3.8) is 0 Å². The van der Waals surface area contributed by atoms with E-state index in [2.05, 4.69) is 30.9 Å². The summed E-state index contributed by atoms with van der Waals surface area (Å²) in [5.41, 5.74) is 3.71. The number of carbonyl (C=O) groups is 2. The number of rotatable bonds is 9. The zero-order valence-electron chi connectivity index (χ0n) is 19.9. The molecule has 0 aliphatic carbocycles. The van der Waals surface area contributed by atoms with Crippen LogP contribution in [0.2, 0.25) is 5.02 Å². The Kier molecular flexibility index (Phi) is 7.94. The number of hydrogen-bond donors (Lipinski definition) is 4. The first-order chi connectivity index (χ1) is 17.4. The van der Waals surface area contributed by atoms with Gasteiger partial charge in [-0.05, 0) is 38.4 Å². The molecule has 0 aliphatic heterocycles. The van der Waals surface area contributed by atoms with E-state index >= 15 is 0 Å². The Labute approximate surface area is 213 Å². The summed E-state index contributed by atoms with van der Waals surface area (Å²) in [6.45, 7) is 0.497. The van der Waals surface area contributed by atoms with E-state index in [0.717, 1.165) is 16.5 Å². The fraction of sp³-hybridized carbons (Fsp3) is 0.154. The maximum absolute atomic E-state index is 12.3. The average molecular weight is 504 g/mol. The van der Waals surface area contributed by atoms with Crippen molar-refractivity contribution < 1.29 is 9.59 Å². The van der Waals surface area contributed by atoms with E-state index in [0.29, 0.717) is 34.6 Å². The summed E-state index contributed by atoms with van der Waals surface area (Å²) in [7, 11) is 3.81. The number of hydrogen-bond acceptors (Lipinski definition) is 6. The van der Waals surface area contributed by atoms with Gasteiger partial charge in [0.1, 0.15) is 0 Å². The van der Waals surface area contributed by atoms with E-state index < -0.39 is 0 Å². The fourth-order valence-corrected chi connectivity index (χ4v) is 3.68. The molecule has 184 valence electrons. The second-order valence-electron chi connectivity index (χ2n) is 8.27. The molecule has 9 nitrogen and oxygen atoms in total. The number of aromatic nitrogens is 3. The van der Waals surface area contributed by atoms with Crippen LogP contribution in [0.25, 0.3) is 22.2 Å². The highest BCUT2D eigenvalue weighted by molar-refractivity contribution is 6.33. The average Bonchev–Trinajstić information content (AvgIpc) is 3.28. The van der Waals surface area contributed by atoms with Gasteiger partial charge in [0.25, 0.3) is 0 Å². The Balaban J connectivity index is 1.41. The predicted molar refractivity (Wildman–Crippen MR) is 143 cm³/mol. The highest BCUT2D eigenvalue weighted by Gasteiger charge is 2.13. The molecule has 4 rings (SSSR count). The molecule has 0 saturated heterocycles. The first-order valence-electron chi connectivity index (χ1n) is 11.2. The highest BCUT2D eigenvalue weighted by Crippen LogP contribution is 2.32. The molecule has 36 heavy (non-hydrogen) atoms. The molecule has 0 saturated carbocycles. The summed E-state index contributed by atoms with van der Waals surface area (Å²) >= 11 is 6.42. The molecule has 4 N–H and O–H groups in total. The lowest BCUT2D eigenvalue weighted by atomic mass is 10.1. The van der Waals surface area contributed by atoms with Gasteiger partial charge in [-0.15, -0.1) is 0 Å². The van der Waals surface area contributed by atoms with E-state index in [4.69, 9.17) is 11.6 Å². The molecule has 0 spiro atoms. The Morgan fingerprint density at radius 3 is 2.75 bits per heavy atom. The van der Waals surface area contributed by atoms with Crippen LogP contribution in [-0.2, 0) is 9.59 Å². The molecule has 0 aliphatic rings. The van der Waals surface area contributed by atoms with Crippen LogP contribution in [0.15, 0.2) is 73.1 Å². The van der Waals surface area contributed by atoms with Gasteiger partial charge in [0, 0.05) is 46.7 Å². The Bertz CT molecular complexity index is 1410. The molecule has 2 aromatic heterocycles. The Morgan fingerprint density at radius 2 is 1.92 bits per heavy atom. The second-order valence-corrected chi connectivity index (χ2v) is 8.68. The van der Waals surface area contributed by atoms with Crippen LogP contribution in [0, 0.1) is 0 Å². The lowest BCUT2D eigenvalue weighted by Gasteiger charge is -2.10. The minimum Gasteiger partial charge on any atom is -0.360 e. The topological polar surface area (TPSA) is 115 Å². The van der Waals surface area contributed by atoms with E-state index in [1.165, 1.54) is 6.08 Å². The molecule has 0 radical (unpaired) electrons. The number of fused-ring (bicyclic) bond motifs is 1. The Morgan fingerprint density at radius 1 is 1.11 bits per heavy atom. The van der Waals surface area contributed by atoms with Gasteiger partial charge in [-0.2, -0.15) is 0 Å². The van der Waals surface area contributed by atoms with Crippen molar-refractivity contribution >= 4 is 51.6 Å². The van der Waals surface area contributed by atoms with Crippen LogP contribution in [0.3, 0.4) is 0 Å². The molecule has 2 amide bonds. The molecule has 10 heteroatoms. The lowest BCUT2D eigenvalue weighted by molar-refractivity contribution is -0.121. The van der Waals surface area contributed by atoms with E-state index in [1.807, 2.05) is 55.5 Å². The number of amides is 2.